The summed E-state index contributed by atoms with van der Waals surface area (Å²) < 4.78 is 5.49. The Morgan fingerprint density at radius 2 is 1.83 bits per heavy atom. The van der Waals surface area contributed by atoms with E-state index in [1.165, 1.54) is 6.07 Å². The molecule has 3 aromatic rings. The quantitative estimate of drug-likeness (QED) is 0.737. The Morgan fingerprint density at radius 1 is 1.13 bits per heavy atom. The van der Waals surface area contributed by atoms with Gasteiger partial charge < -0.3 is 9.72 Å². The molecule has 3 rings (SSSR count). The Balaban J connectivity index is 1.95. The number of H-pyrrole nitrogens is 1. The minimum absolute atomic E-state index is 0.239. The van der Waals surface area contributed by atoms with Crippen LogP contribution in [0.25, 0.3) is 10.9 Å². The van der Waals surface area contributed by atoms with Crippen LogP contribution in [0.1, 0.15) is 28.9 Å². The summed E-state index contributed by atoms with van der Waals surface area (Å²) >= 11 is 6.12. The van der Waals surface area contributed by atoms with Crippen LogP contribution in [0.5, 0.6) is 0 Å². The molecule has 0 radical (unpaired) electrons. The zero-order valence-electron chi connectivity index (χ0n) is 12.4. The largest absolute Gasteiger partial charge is 0.454 e. The van der Waals surface area contributed by atoms with E-state index >= 15 is 0 Å². The topological polar surface area (TPSA) is 59.2 Å². The number of esters is 1. The predicted molar refractivity (Wildman–Crippen MR) is 89.9 cm³/mol. The second-order valence-corrected chi connectivity index (χ2v) is 5.57. The number of hydrogen-bond donors (Lipinski definition) is 1. The van der Waals surface area contributed by atoms with Gasteiger partial charge >= 0.3 is 5.97 Å². The summed E-state index contributed by atoms with van der Waals surface area (Å²) in [7, 11) is 0. The van der Waals surface area contributed by atoms with Crippen molar-refractivity contribution >= 4 is 28.5 Å². The normalized spacial score (nSPS) is 12.1. The van der Waals surface area contributed by atoms with Gasteiger partial charge in [-0.15, -0.1) is 0 Å². The number of para-hydroxylation sites is 1. The van der Waals surface area contributed by atoms with Gasteiger partial charge in [0.15, 0.2) is 0 Å². The molecule has 5 heteroatoms. The first-order chi connectivity index (χ1) is 11.1. The maximum absolute atomic E-state index is 12.5. The minimum Gasteiger partial charge on any atom is -0.454 e. The van der Waals surface area contributed by atoms with Crippen molar-refractivity contribution in [1.82, 2.24) is 4.98 Å². The predicted octanol–water partition coefficient (Wildman–Crippen LogP) is 4.10. The summed E-state index contributed by atoms with van der Waals surface area (Å²) in [5.74, 6) is -0.556. The van der Waals surface area contributed by atoms with Crippen molar-refractivity contribution in [3.8, 4) is 0 Å². The smallest absolute Gasteiger partial charge is 0.339 e. The Bertz CT molecular complexity index is 933. The number of carbonyl (C=O) groups excluding carboxylic acids is 1. The van der Waals surface area contributed by atoms with E-state index in [0.717, 1.165) is 5.56 Å². The lowest BCUT2D eigenvalue weighted by Crippen LogP contribution is -2.14. The average Bonchev–Trinajstić information content (AvgIpc) is 2.54. The first kappa shape index (κ1) is 15.3. The van der Waals surface area contributed by atoms with Gasteiger partial charge in [-0.3, -0.25) is 4.79 Å². The Morgan fingerprint density at radius 3 is 2.61 bits per heavy atom. The molecule has 1 aromatic heterocycles. The first-order valence-electron chi connectivity index (χ1n) is 7.14. The first-order valence-corrected chi connectivity index (χ1v) is 7.51. The number of halogens is 1. The van der Waals surface area contributed by atoms with Crippen LogP contribution < -0.4 is 5.56 Å². The molecule has 2 aromatic carbocycles. The number of hydrogen-bond acceptors (Lipinski definition) is 3. The van der Waals surface area contributed by atoms with E-state index in [2.05, 4.69) is 4.98 Å². The van der Waals surface area contributed by atoms with E-state index in [1.54, 1.807) is 43.3 Å². The van der Waals surface area contributed by atoms with Crippen molar-refractivity contribution in [2.24, 2.45) is 0 Å². The second kappa shape index (κ2) is 6.26. The number of rotatable bonds is 3. The fourth-order valence-corrected chi connectivity index (χ4v) is 2.76. The minimum atomic E-state index is -0.556. The molecule has 4 nitrogen and oxygen atoms in total. The number of nitrogens with one attached hydrogen (secondary N) is 1. The molecule has 0 aliphatic heterocycles. The van der Waals surface area contributed by atoms with Crippen molar-refractivity contribution in [2.45, 2.75) is 13.0 Å². The summed E-state index contributed by atoms with van der Waals surface area (Å²) in [6.45, 7) is 1.74. The van der Waals surface area contributed by atoms with Crippen LogP contribution in [-0.4, -0.2) is 11.0 Å². The lowest BCUT2D eigenvalue weighted by atomic mass is 10.1. The van der Waals surface area contributed by atoms with Gasteiger partial charge in [-0.05, 0) is 19.1 Å². The molecule has 0 fully saturated rings. The van der Waals surface area contributed by atoms with E-state index < -0.39 is 12.1 Å². The van der Waals surface area contributed by atoms with Crippen LogP contribution in [0.15, 0.2) is 59.4 Å². The number of carbonyl (C=O) groups is 1. The Labute approximate surface area is 137 Å². The molecule has 0 saturated heterocycles. The summed E-state index contributed by atoms with van der Waals surface area (Å²) in [6, 6.07) is 15.5. The van der Waals surface area contributed by atoms with E-state index in [1.807, 2.05) is 12.1 Å². The fraction of sp³-hybridized carbons (Fsp3) is 0.111. The van der Waals surface area contributed by atoms with Gasteiger partial charge in [0.25, 0.3) is 0 Å². The van der Waals surface area contributed by atoms with Crippen molar-refractivity contribution in [2.75, 3.05) is 0 Å². The molecule has 1 N–H and O–H groups in total. The van der Waals surface area contributed by atoms with Crippen LogP contribution in [0, 0.1) is 0 Å². The lowest BCUT2D eigenvalue weighted by molar-refractivity contribution is 0.0340. The van der Waals surface area contributed by atoms with Crippen LogP contribution >= 0.6 is 11.6 Å². The molecular formula is C18H14ClNO3. The third-order valence-corrected chi connectivity index (χ3v) is 3.94. The van der Waals surface area contributed by atoms with E-state index in [9.17, 15) is 9.59 Å². The highest BCUT2D eigenvalue weighted by Gasteiger charge is 2.18. The van der Waals surface area contributed by atoms with Crippen LogP contribution in [0.3, 0.4) is 0 Å². The van der Waals surface area contributed by atoms with E-state index in [0.29, 0.717) is 15.9 Å². The molecule has 0 aliphatic carbocycles. The number of aromatic amines is 1. The molecule has 0 amide bonds. The molecule has 23 heavy (non-hydrogen) atoms. The summed E-state index contributed by atoms with van der Waals surface area (Å²) in [6.07, 6.45) is -0.519. The molecule has 0 bridgehead atoms. The molecule has 0 aliphatic rings. The summed E-state index contributed by atoms with van der Waals surface area (Å²) in [4.78, 5) is 26.9. The number of benzene rings is 2. The standard InChI is InChI=1S/C18H14ClNO3/c1-11(12-6-2-4-8-15(12)19)23-18(22)14-10-17(21)20-16-9-5-3-7-13(14)16/h2-11H,1H3,(H,20,21)/t11-/m0/s1. The van der Waals surface area contributed by atoms with Crippen LogP contribution in [0.4, 0.5) is 0 Å². The SMILES string of the molecule is C[C@H](OC(=O)c1cc(=O)[nH]c2ccccc12)c1ccccc1Cl. The van der Waals surface area contributed by atoms with Gasteiger partial charge in [0, 0.05) is 27.6 Å². The van der Waals surface area contributed by atoms with E-state index in [4.69, 9.17) is 16.3 Å². The van der Waals surface area contributed by atoms with Gasteiger partial charge in [0.05, 0.1) is 5.56 Å². The van der Waals surface area contributed by atoms with Crippen LogP contribution in [0.2, 0.25) is 5.02 Å². The van der Waals surface area contributed by atoms with Crippen molar-refractivity contribution in [3.05, 3.63) is 81.1 Å². The summed E-state index contributed by atoms with van der Waals surface area (Å²) in [5.41, 5.74) is 1.21. The number of ether oxygens (including phenoxy) is 1. The van der Waals surface area contributed by atoms with Gasteiger partial charge in [-0.2, -0.15) is 0 Å². The zero-order chi connectivity index (χ0) is 16.4. The van der Waals surface area contributed by atoms with E-state index in [-0.39, 0.29) is 11.1 Å². The maximum Gasteiger partial charge on any atom is 0.339 e. The Kier molecular flexibility index (Phi) is 4.17. The van der Waals surface area contributed by atoms with Crippen LogP contribution in [-0.2, 0) is 4.74 Å². The fourth-order valence-electron chi connectivity index (χ4n) is 2.47. The number of pyridine rings is 1. The number of fused-ring (bicyclic) bond motifs is 1. The molecule has 1 atom stereocenters. The van der Waals surface area contributed by atoms with Gasteiger partial charge in [-0.25, -0.2) is 4.79 Å². The monoisotopic (exact) mass is 327 g/mol. The number of aromatic nitrogens is 1. The molecule has 116 valence electrons. The third kappa shape index (κ3) is 3.12. The maximum atomic E-state index is 12.5. The molecule has 0 unspecified atom stereocenters. The lowest BCUT2D eigenvalue weighted by Gasteiger charge is -2.15. The Hall–Kier alpha value is -2.59. The highest BCUT2D eigenvalue weighted by Crippen LogP contribution is 2.26. The average molecular weight is 328 g/mol. The van der Waals surface area contributed by atoms with Crippen molar-refractivity contribution in [3.63, 3.8) is 0 Å². The third-order valence-electron chi connectivity index (χ3n) is 3.60. The highest BCUT2D eigenvalue weighted by atomic mass is 35.5. The molecular weight excluding hydrogens is 314 g/mol. The molecule has 0 spiro atoms. The van der Waals surface area contributed by atoms with Gasteiger partial charge in [-0.1, -0.05) is 48.0 Å². The zero-order valence-corrected chi connectivity index (χ0v) is 13.1. The van der Waals surface area contributed by atoms with Crippen molar-refractivity contribution < 1.29 is 9.53 Å². The molecule has 1 heterocycles. The second-order valence-electron chi connectivity index (χ2n) is 5.16. The van der Waals surface area contributed by atoms with Crippen molar-refractivity contribution in [1.29, 1.82) is 0 Å². The summed E-state index contributed by atoms with van der Waals surface area (Å²) in [5, 5.41) is 1.17. The van der Waals surface area contributed by atoms with Gasteiger partial charge in [0.2, 0.25) is 5.56 Å². The highest BCUT2D eigenvalue weighted by molar-refractivity contribution is 6.31. The molecule has 0 saturated carbocycles. The van der Waals surface area contributed by atoms with Gasteiger partial charge in [0.1, 0.15) is 6.10 Å².